The molecule has 0 aliphatic rings. The van der Waals surface area contributed by atoms with Crippen LogP contribution in [0.25, 0.3) is 0 Å². The van der Waals surface area contributed by atoms with Crippen molar-refractivity contribution in [2.24, 2.45) is 0 Å². The molecule has 0 spiro atoms. The van der Waals surface area contributed by atoms with Gasteiger partial charge in [-0.3, -0.25) is 0 Å². The lowest BCUT2D eigenvalue weighted by molar-refractivity contribution is 0.486. The van der Waals surface area contributed by atoms with Crippen LogP contribution >= 0.6 is 11.3 Å². The highest BCUT2D eigenvalue weighted by Crippen LogP contribution is 2.31. The second kappa shape index (κ2) is 3.71. The molecule has 0 atom stereocenters. The van der Waals surface area contributed by atoms with Crippen molar-refractivity contribution in [3.63, 3.8) is 0 Å². The maximum Gasteiger partial charge on any atom is 0.310 e. The topological polar surface area (TPSA) is 58.8 Å². The predicted molar refractivity (Wildman–Crippen MR) is 49.5 cm³/mol. The highest BCUT2D eigenvalue weighted by Gasteiger charge is 2.23. The number of rotatable bonds is 3. The summed E-state index contributed by atoms with van der Waals surface area (Å²) in [5, 5.41) is 17.2. The van der Waals surface area contributed by atoms with Gasteiger partial charge >= 0.3 is 5.19 Å². The third kappa shape index (κ3) is 2.16. The van der Waals surface area contributed by atoms with Gasteiger partial charge in [-0.15, -0.1) is 10.4 Å². The molecule has 0 radical (unpaired) electrons. The zero-order chi connectivity index (χ0) is 9.90. The number of nitriles is 1. The molecule has 0 unspecified atom stereocenters. The molecule has 0 aromatic carbocycles. The molecule has 0 saturated carbocycles. The van der Waals surface area contributed by atoms with E-state index in [0.29, 0.717) is 5.19 Å². The summed E-state index contributed by atoms with van der Waals surface area (Å²) in [5.41, 5.74) is 0.00866. The molecule has 1 aromatic heterocycles. The number of hydrogen-bond acceptors (Lipinski definition) is 5. The molecule has 0 aliphatic carbocycles. The first-order valence-electron chi connectivity index (χ1n) is 4.00. The zero-order valence-corrected chi connectivity index (χ0v) is 8.68. The van der Waals surface area contributed by atoms with Gasteiger partial charge < -0.3 is 4.74 Å². The lowest BCUT2D eigenvalue weighted by Gasteiger charge is -2.17. The Labute approximate surface area is 81.2 Å². The van der Waals surface area contributed by atoms with Crippen LogP contribution < -0.4 is 4.74 Å². The van der Waals surface area contributed by atoms with E-state index in [1.807, 2.05) is 0 Å². The minimum atomic E-state index is 0.00866. The summed E-state index contributed by atoms with van der Waals surface area (Å²) in [6.45, 7) is 6.26. The van der Waals surface area contributed by atoms with E-state index in [-0.39, 0.29) is 5.41 Å². The van der Waals surface area contributed by atoms with Crippen molar-refractivity contribution in [1.82, 2.24) is 10.2 Å². The molecule has 4 nitrogen and oxygen atoms in total. The van der Waals surface area contributed by atoms with Crippen molar-refractivity contribution in [1.29, 1.82) is 5.26 Å². The molecule has 70 valence electrons. The molecule has 0 fully saturated rings. The second-order valence-electron chi connectivity index (χ2n) is 3.30. The van der Waals surface area contributed by atoms with Gasteiger partial charge in [0, 0.05) is 5.41 Å². The van der Waals surface area contributed by atoms with Crippen LogP contribution in [0.2, 0.25) is 0 Å². The molecule has 0 amide bonds. The molecule has 0 bridgehead atoms. The van der Waals surface area contributed by atoms with Gasteiger partial charge in [0.05, 0.1) is 0 Å². The molecule has 1 heterocycles. The standard InChI is InChI=1S/C8H11N3OS/c1-4-8(2,3)6-10-11-7(13-6)12-5-9/h4H2,1-3H3. The fourth-order valence-electron chi connectivity index (χ4n) is 0.715. The summed E-state index contributed by atoms with van der Waals surface area (Å²) in [4.78, 5) is 0. The minimum Gasteiger partial charge on any atom is -0.355 e. The second-order valence-corrected chi connectivity index (χ2v) is 4.24. The van der Waals surface area contributed by atoms with E-state index in [1.54, 1.807) is 6.26 Å². The first-order valence-corrected chi connectivity index (χ1v) is 4.81. The van der Waals surface area contributed by atoms with Crippen molar-refractivity contribution in [3.8, 4) is 11.4 Å². The number of nitrogens with zero attached hydrogens (tertiary/aromatic N) is 3. The number of ether oxygens (including phenoxy) is 1. The highest BCUT2D eigenvalue weighted by molar-refractivity contribution is 7.13. The van der Waals surface area contributed by atoms with Crippen LogP contribution in [-0.2, 0) is 5.41 Å². The first kappa shape index (κ1) is 9.93. The van der Waals surface area contributed by atoms with Crippen LogP contribution in [0.15, 0.2) is 0 Å². The molecule has 0 N–H and O–H groups in total. The zero-order valence-electron chi connectivity index (χ0n) is 7.87. The van der Waals surface area contributed by atoms with Crippen molar-refractivity contribution in [3.05, 3.63) is 5.01 Å². The fourth-order valence-corrected chi connectivity index (χ4v) is 1.54. The lowest BCUT2D eigenvalue weighted by atomic mass is 9.91. The quantitative estimate of drug-likeness (QED) is 0.696. The van der Waals surface area contributed by atoms with Crippen molar-refractivity contribution in [2.75, 3.05) is 0 Å². The monoisotopic (exact) mass is 197 g/mol. The van der Waals surface area contributed by atoms with E-state index in [9.17, 15) is 0 Å². The molecule has 1 aromatic rings. The van der Waals surface area contributed by atoms with E-state index in [2.05, 4.69) is 35.7 Å². The van der Waals surface area contributed by atoms with Gasteiger partial charge in [0.25, 0.3) is 6.26 Å². The fraction of sp³-hybridized carbons (Fsp3) is 0.625. The van der Waals surface area contributed by atoms with Gasteiger partial charge in [0.15, 0.2) is 0 Å². The van der Waals surface area contributed by atoms with Gasteiger partial charge in [0.2, 0.25) is 0 Å². The maximum absolute atomic E-state index is 8.26. The normalized spacial score (nSPS) is 10.9. The molecule has 0 saturated heterocycles. The van der Waals surface area contributed by atoms with Crippen LogP contribution in [0, 0.1) is 11.5 Å². The summed E-state index contributed by atoms with van der Waals surface area (Å²) in [6.07, 6.45) is 2.56. The van der Waals surface area contributed by atoms with Gasteiger partial charge in [-0.2, -0.15) is 0 Å². The Morgan fingerprint density at radius 1 is 1.54 bits per heavy atom. The minimum absolute atomic E-state index is 0.00866. The van der Waals surface area contributed by atoms with Crippen LogP contribution in [0.5, 0.6) is 5.19 Å². The van der Waals surface area contributed by atoms with Crippen molar-refractivity contribution >= 4 is 11.3 Å². The summed E-state index contributed by atoms with van der Waals surface area (Å²) in [6, 6.07) is 0. The Morgan fingerprint density at radius 3 is 2.77 bits per heavy atom. The summed E-state index contributed by atoms with van der Waals surface area (Å²) >= 11 is 1.32. The Bertz CT molecular complexity index is 326. The van der Waals surface area contributed by atoms with E-state index in [0.717, 1.165) is 11.4 Å². The van der Waals surface area contributed by atoms with Crippen molar-refractivity contribution in [2.45, 2.75) is 32.6 Å². The predicted octanol–water partition coefficient (Wildman–Crippen LogP) is 2.09. The van der Waals surface area contributed by atoms with Crippen LogP contribution in [0.1, 0.15) is 32.2 Å². The van der Waals surface area contributed by atoms with E-state index >= 15 is 0 Å². The van der Waals surface area contributed by atoms with E-state index in [4.69, 9.17) is 5.26 Å². The third-order valence-electron chi connectivity index (χ3n) is 2.00. The molecule has 0 aliphatic heterocycles. The first-order chi connectivity index (χ1) is 6.10. The molecule has 5 heteroatoms. The van der Waals surface area contributed by atoms with Gasteiger partial charge in [-0.1, -0.05) is 37.2 Å². The van der Waals surface area contributed by atoms with Crippen LogP contribution in [0.4, 0.5) is 0 Å². The Balaban J connectivity index is 2.86. The maximum atomic E-state index is 8.26. The third-order valence-corrected chi connectivity index (χ3v) is 3.17. The average Bonchev–Trinajstić information content (AvgIpc) is 2.54. The number of hydrogen-bond donors (Lipinski definition) is 0. The van der Waals surface area contributed by atoms with Crippen LogP contribution in [-0.4, -0.2) is 10.2 Å². The van der Waals surface area contributed by atoms with Gasteiger partial charge in [-0.25, -0.2) is 0 Å². The Morgan fingerprint density at radius 2 is 2.23 bits per heavy atom. The highest BCUT2D eigenvalue weighted by atomic mass is 32.1. The smallest absolute Gasteiger partial charge is 0.310 e. The number of aromatic nitrogens is 2. The average molecular weight is 197 g/mol. The molecular weight excluding hydrogens is 186 g/mol. The van der Waals surface area contributed by atoms with E-state index in [1.165, 1.54) is 11.3 Å². The van der Waals surface area contributed by atoms with Gasteiger partial charge in [0.1, 0.15) is 5.01 Å². The van der Waals surface area contributed by atoms with Crippen LogP contribution in [0.3, 0.4) is 0 Å². The SMILES string of the molecule is CCC(C)(C)c1nnc(OC#N)s1. The summed E-state index contributed by atoms with van der Waals surface area (Å²) < 4.78 is 4.58. The molecule has 13 heavy (non-hydrogen) atoms. The lowest BCUT2D eigenvalue weighted by Crippen LogP contribution is -2.14. The summed E-state index contributed by atoms with van der Waals surface area (Å²) in [7, 11) is 0. The van der Waals surface area contributed by atoms with E-state index < -0.39 is 0 Å². The Hall–Kier alpha value is -1.15. The largest absolute Gasteiger partial charge is 0.355 e. The molecule has 1 rings (SSSR count). The Kier molecular flexibility index (Phi) is 2.83. The summed E-state index contributed by atoms with van der Waals surface area (Å²) in [5.74, 6) is 0. The van der Waals surface area contributed by atoms with Gasteiger partial charge in [-0.05, 0) is 6.42 Å². The van der Waals surface area contributed by atoms with Crippen molar-refractivity contribution < 1.29 is 4.74 Å². The molecular formula is C8H11N3OS.